The molecule has 0 radical (unpaired) electrons. The van der Waals surface area contributed by atoms with Gasteiger partial charge in [-0.15, -0.1) is 0 Å². The van der Waals surface area contributed by atoms with Gasteiger partial charge in [0.05, 0.1) is 11.3 Å². The van der Waals surface area contributed by atoms with Crippen LogP contribution >= 0.6 is 0 Å². The number of carbonyl (C=O) groups is 2. The normalized spacial score (nSPS) is 18.3. The van der Waals surface area contributed by atoms with E-state index in [4.69, 9.17) is 4.98 Å². The van der Waals surface area contributed by atoms with Crippen LogP contribution in [0.2, 0.25) is 0 Å². The van der Waals surface area contributed by atoms with Crippen molar-refractivity contribution in [2.75, 3.05) is 49.6 Å². The quantitative estimate of drug-likeness (QED) is 0.713. The number of rotatable bonds is 3. The van der Waals surface area contributed by atoms with Gasteiger partial charge in [-0.1, -0.05) is 0 Å². The lowest BCUT2D eigenvalue weighted by Crippen LogP contribution is -2.43. The number of carbonyl (C=O) groups excluding carboxylic acids is 2. The van der Waals surface area contributed by atoms with E-state index in [0.717, 1.165) is 36.8 Å². The summed E-state index contributed by atoms with van der Waals surface area (Å²) in [6.45, 7) is 8.28. The summed E-state index contributed by atoms with van der Waals surface area (Å²) < 4.78 is 15.7. The number of hydrogen-bond acceptors (Lipinski definition) is 6. The molecular weight excluding hydrogens is 423 g/mol. The van der Waals surface area contributed by atoms with E-state index in [1.807, 2.05) is 18.2 Å². The first-order valence-electron chi connectivity index (χ1n) is 11.4. The summed E-state index contributed by atoms with van der Waals surface area (Å²) in [5, 5.41) is 0. The average Bonchev–Trinajstić information content (AvgIpc) is 2.82. The van der Waals surface area contributed by atoms with Crippen molar-refractivity contribution in [2.45, 2.75) is 39.3 Å². The molecule has 2 aromatic rings. The summed E-state index contributed by atoms with van der Waals surface area (Å²) in [5.74, 6) is 0.547. The third-order valence-corrected chi connectivity index (χ3v) is 6.56. The van der Waals surface area contributed by atoms with Crippen molar-refractivity contribution in [2.24, 2.45) is 4.99 Å². The predicted molar refractivity (Wildman–Crippen MR) is 126 cm³/mol. The molecule has 9 heteroatoms. The van der Waals surface area contributed by atoms with Crippen molar-refractivity contribution < 1.29 is 14.0 Å². The van der Waals surface area contributed by atoms with Gasteiger partial charge >= 0.3 is 0 Å². The molecule has 1 fully saturated rings. The Hall–Kier alpha value is -3.23. The Morgan fingerprint density at radius 3 is 2.55 bits per heavy atom. The average molecular weight is 455 g/mol. The Labute approximate surface area is 193 Å². The first-order valence-corrected chi connectivity index (χ1v) is 11.4. The summed E-state index contributed by atoms with van der Waals surface area (Å²) in [5.41, 5.74) is 1.65. The fourth-order valence-electron chi connectivity index (χ4n) is 4.47. The minimum absolute atomic E-state index is 0.106. The first-order chi connectivity index (χ1) is 15.7. The van der Waals surface area contributed by atoms with E-state index in [1.165, 1.54) is 11.5 Å². The smallest absolute Gasteiger partial charge is 0.255 e. The maximum Gasteiger partial charge on any atom is 0.255 e. The number of piperidine rings is 1. The van der Waals surface area contributed by atoms with Gasteiger partial charge in [-0.05, 0) is 38.8 Å². The number of pyridine rings is 2. The molecule has 2 aromatic heterocycles. The molecule has 0 N–H and O–H groups in total. The number of aromatic nitrogens is 2. The third-order valence-electron chi connectivity index (χ3n) is 6.56. The second-order valence-corrected chi connectivity index (χ2v) is 8.86. The van der Waals surface area contributed by atoms with Crippen molar-refractivity contribution >= 4 is 29.0 Å². The van der Waals surface area contributed by atoms with Crippen LogP contribution in [-0.4, -0.2) is 71.7 Å². The van der Waals surface area contributed by atoms with Crippen LogP contribution < -0.4 is 15.3 Å². The topological polar surface area (TPSA) is 74.0 Å². The molecule has 4 rings (SSSR count). The zero-order chi connectivity index (χ0) is 23.8. The molecule has 1 amide bonds. The molecule has 4 heterocycles. The molecule has 8 nitrogen and oxygen atoms in total. The van der Waals surface area contributed by atoms with E-state index in [1.54, 1.807) is 31.3 Å². The molecule has 0 aromatic carbocycles. The van der Waals surface area contributed by atoms with Gasteiger partial charge in [0.15, 0.2) is 5.82 Å². The van der Waals surface area contributed by atoms with E-state index in [0.29, 0.717) is 37.0 Å². The van der Waals surface area contributed by atoms with Crippen molar-refractivity contribution in [3.8, 4) is 0 Å². The second kappa shape index (κ2) is 8.96. The Bertz CT molecular complexity index is 1130. The molecule has 0 unspecified atom stereocenters. The SMILES string of the molecule is CCN1CCN(c2ccn(C(C)=O)/c(=N\C)c2)c2ncc(C(=O)N3CCC(C)(F)CC3)cc21. The Morgan fingerprint density at radius 1 is 1.18 bits per heavy atom. The second-order valence-electron chi connectivity index (χ2n) is 8.86. The predicted octanol–water partition coefficient (Wildman–Crippen LogP) is 3.02. The Morgan fingerprint density at radius 2 is 1.91 bits per heavy atom. The lowest BCUT2D eigenvalue weighted by molar-refractivity contribution is 0.0503. The minimum Gasteiger partial charge on any atom is -0.367 e. The van der Waals surface area contributed by atoms with E-state index < -0.39 is 5.67 Å². The molecule has 176 valence electrons. The van der Waals surface area contributed by atoms with Gasteiger partial charge in [0.2, 0.25) is 5.91 Å². The van der Waals surface area contributed by atoms with Crippen LogP contribution in [0.25, 0.3) is 0 Å². The number of hydrogen-bond donors (Lipinski definition) is 0. The summed E-state index contributed by atoms with van der Waals surface area (Å²) >= 11 is 0. The van der Waals surface area contributed by atoms with Gasteiger partial charge < -0.3 is 14.7 Å². The van der Waals surface area contributed by atoms with E-state index in [-0.39, 0.29) is 11.8 Å². The number of fused-ring (bicyclic) bond motifs is 1. The van der Waals surface area contributed by atoms with Gasteiger partial charge in [-0.2, -0.15) is 0 Å². The van der Waals surface area contributed by atoms with E-state index >= 15 is 0 Å². The number of anilines is 3. The standard InChI is InChI=1S/C24H31FN6O2/c1-5-28-12-13-31(19-6-9-30(17(2)32)21(15-19)26-4)22-20(28)14-18(16-27-22)23(33)29-10-7-24(3,25)8-11-29/h6,9,14-16H,5,7-8,10-13H2,1-4H3/b26-21-. The Balaban J connectivity index is 1.67. The first kappa shape index (κ1) is 22.9. The highest BCUT2D eigenvalue weighted by atomic mass is 19.1. The zero-order valence-electron chi connectivity index (χ0n) is 19.7. The Kier molecular flexibility index (Phi) is 6.23. The molecule has 0 aliphatic carbocycles. The van der Waals surface area contributed by atoms with Crippen LogP contribution in [0.3, 0.4) is 0 Å². The van der Waals surface area contributed by atoms with Gasteiger partial charge in [0.1, 0.15) is 11.2 Å². The van der Waals surface area contributed by atoms with Crippen molar-refractivity contribution in [3.05, 3.63) is 41.6 Å². The highest BCUT2D eigenvalue weighted by molar-refractivity contribution is 5.96. The summed E-state index contributed by atoms with van der Waals surface area (Å²) in [4.78, 5) is 39.9. The van der Waals surface area contributed by atoms with Crippen LogP contribution in [-0.2, 0) is 0 Å². The van der Waals surface area contributed by atoms with Crippen molar-refractivity contribution in [3.63, 3.8) is 0 Å². The van der Waals surface area contributed by atoms with Crippen LogP contribution in [0.4, 0.5) is 21.6 Å². The molecule has 0 bridgehead atoms. The summed E-state index contributed by atoms with van der Waals surface area (Å²) in [7, 11) is 1.66. The molecule has 0 spiro atoms. The summed E-state index contributed by atoms with van der Waals surface area (Å²) in [6, 6.07) is 5.65. The number of likely N-dealkylation sites (N-methyl/N-ethyl adjacent to an activating group) is 1. The van der Waals surface area contributed by atoms with Crippen LogP contribution in [0.5, 0.6) is 0 Å². The number of halogens is 1. The fourth-order valence-corrected chi connectivity index (χ4v) is 4.47. The number of likely N-dealkylation sites (tertiary alicyclic amines) is 1. The van der Waals surface area contributed by atoms with Crippen molar-refractivity contribution in [1.82, 2.24) is 14.5 Å². The van der Waals surface area contributed by atoms with Crippen LogP contribution in [0.15, 0.2) is 35.6 Å². The van der Waals surface area contributed by atoms with E-state index in [2.05, 4.69) is 21.7 Å². The van der Waals surface area contributed by atoms with Crippen LogP contribution in [0, 0.1) is 0 Å². The maximum atomic E-state index is 14.2. The lowest BCUT2D eigenvalue weighted by atomic mass is 9.95. The monoisotopic (exact) mass is 454 g/mol. The minimum atomic E-state index is -1.20. The number of amides is 1. The van der Waals surface area contributed by atoms with Gasteiger partial charge in [0.25, 0.3) is 5.91 Å². The molecule has 1 saturated heterocycles. The molecular formula is C24H31FN6O2. The molecule has 0 atom stereocenters. The molecule has 33 heavy (non-hydrogen) atoms. The van der Waals surface area contributed by atoms with E-state index in [9.17, 15) is 14.0 Å². The number of nitrogens with zero attached hydrogens (tertiary/aromatic N) is 6. The highest BCUT2D eigenvalue weighted by Gasteiger charge is 2.33. The summed E-state index contributed by atoms with van der Waals surface area (Å²) in [6.07, 6.45) is 4.04. The largest absolute Gasteiger partial charge is 0.367 e. The third kappa shape index (κ3) is 4.49. The van der Waals surface area contributed by atoms with Crippen LogP contribution in [0.1, 0.15) is 48.8 Å². The zero-order valence-corrected chi connectivity index (χ0v) is 19.7. The molecule has 2 aliphatic rings. The van der Waals surface area contributed by atoms with Gasteiger partial charge in [0, 0.05) is 70.8 Å². The highest BCUT2D eigenvalue weighted by Crippen LogP contribution is 2.36. The molecule has 2 aliphatic heterocycles. The maximum absolute atomic E-state index is 14.2. The lowest BCUT2D eigenvalue weighted by Gasteiger charge is -2.38. The molecule has 0 saturated carbocycles. The van der Waals surface area contributed by atoms with Gasteiger partial charge in [-0.3, -0.25) is 19.1 Å². The van der Waals surface area contributed by atoms with Crippen molar-refractivity contribution in [1.29, 1.82) is 0 Å². The fraction of sp³-hybridized carbons (Fsp3) is 0.500. The van der Waals surface area contributed by atoms with Gasteiger partial charge in [-0.25, -0.2) is 9.37 Å². The number of alkyl halides is 1.